The van der Waals surface area contributed by atoms with Crippen LogP contribution in [-0.2, 0) is 13.0 Å². The Bertz CT molecular complexity index is 574. The Morgan fingerprint density at radius 3 is 2.94 bits per heavy atom. The Morgan fingerprint density at radius 2 is 2.29 bits per heavy atom. The smallest absolute Gasteiger partial charge is 0.192 e. The lowest BCUT2D eigenvalue weighted by Crippen LogP contribution is -2.09. The van der Waals surface area contributed by atoms with Crippen LogP contribution in [-0.4, -0.2) is 10.4 Å². The maximum Gasteiger partial charge on any atom is 0.192 e. The second kappa shape index (κ2) is 4.98. The van der Waals surface area contributed by atoms with Gasteiger partial charge in [0.15, 0.2) is 5.78 Å². The molecule has 0 saturated heterocycles. The number of rotatable bonds is 4. The fourth-order valence-electron chi connectivity index (χ4n) is 1.60. The van der Waals surface area contributed by atoms with E-state index in [9.17, 15) is 4.79 Å². The summed E-state index contributed by atoms with van der Waals surface area (Å²) in [6.07, 6.45) is 2.70. The van der Waals surface area contributed by atoms with Gasteiger partial charge in [0.1, 0.15) is 11.8 Å². The third kappa shape index (κ3) is 2.45. The van der Waals surface area contributed by atoms with Gasteiger partial charge in [-0.25, -0.2) is 0 Å². The predicted molar refractivity (Wildman–Crippen MR) is 67.2 cm³/mol. The van der Waals surface area contributed by atoms with Gasteiger partial charge in [0, 0.05) is 11.1 Å². The van der Waals surface area contributed by atoms with Crippen LogP contribution in [0.25, 0.3) is 0 Å². The minimum Gasteiger partial charge on any atom is -0.332 e. The zero-order valence-electron chi connectivity index (χ0n) is 9.51. The number of carbonyl (C=O) groups excluding carboxylic acids is 1. The number of carbonyl (C=O) groups is 1. The standard InChI is InChI=1S/C13H12N2OS/c1-2-11-5-6-13(17-11)12(16)9-15-7-3-4-10(15)8-14/h3-7H,2,9H2,1H3. The summed E-state index contributed by atoms with van der Waals surface area (Å²) in [5.74, 6) is 0.0578. The van der Waals surface area contributed by atoms with Crippen molar-refractivity contribution in [1.29, 1.82) is 5.26 Å². The van der Waals surface area contributed by atoms with Crippen molar-refractivity contribution in [3.05, 3.63) is 45.9 Å². The first kappa shape index (κ1) is 11.6. The van der Waals surface area contributed by atoms with Crippen LogP contribution < -0.4 is 0 Å². The molecule has 0 aliphatic carbocycles. The van der Waals surface area contributed by atoms with Gasteiger partial charge in [0.05, 0.1) is 11.4 Å². The molecule has 17 heavy (non-hydrogen) atoms. The highest BCUT2D eigenvalue weighted by Crippen LogP contribution is 2.18. The Labute approximate surface area is 104 Å². The van der Waals surface area contributed by atoms with Crippen LogP contribution in [0.5, 0.6) is 0 Å². The highest BCUT2D eigenvalue weighted by atomic mass is 32.1. The molecule has 0 atom stereocenters. The Kier molecular flexibility index (Phi) is 3.40. The molecule has 0 unspecified atom stereocenters. The summed E-state index contributed by atoms with van der Waals surface area (Å²) in [5.41, 5.74) is 0.519. The second-order valence-electron chi connectivity index (χ2n) is 3.68. The molecule has 0 radical (unpaired) electrons. The number of nitrogens with zero attached hydrogens (tertiary/aromatic N) is 2. The molecule has 0 aliphatic rings. The van der Waals surface area contributed by atoms with E-state index in [4.69, 9.17) is 5.26 Å². The van der Waals surface area contributed by atoms with E-state index in [2.05, 4.69) is 13.0 Å². The fourth-order valence-corrected chi connectivity index (χ4v) is 2.48. The molecule has 0 aliphatic heterocycles. The van der Waals surface area contributed by atoms with Crippen molar-refractivity contribution in [3.63, 3.8) is 0 Å². The van der Waals surface area contributed by atoms with E-state index < -0.39 is 0 Å². The van der Waals surface area contributed by atoms with E-state index in [1.807, 2.05) is 12.1 Å². The Balaban J connectivity index is 2.15. The Hall–Kier alpha value is -1.86. The van der Waals surface area contributed by atoms with Gasteiger partial charge in [-0.05, 0) is 30.7 Å². The van der Waals surface area contributed by atoms with Gasteiger partial charge in [-0.15, -0.1) is 11.3 Å². The monoisotopic (exact) mass is 244 g/mol. The third-order valence-electron chi connectivity index (χ3n) is 2.54. The molecule has 0 saturated carbocycles. The van der Waals surface area contributed by atoms with Crippen LogP contribution >= 0.6 is 11.3 Å². The zero-order valence-corrected chi connectivity index (χ0v) is 10.3. The number of hydrogen-bond donors (Lipinski definition) is 0. The number of ketones is 1. The van der Waals surface area contributed by atoms with Crippen LogP contribution in [0.3, 0.4) is 0 Å². The van der Waals surface area contributed by atoms with Gasteiger partial charge in [0.2, 0.25) is 0 Å². The molecule has 2 aromatic rings. The van der Waals surface area contributed by atoms with Crippen LogP contribution in [0.1, 0.15) is 27.2 Å². The molecule has 0 spiro atoms. The average Bonchev–Trinajstić information content (AvgIpc) is 2.96. The normalized spacial score (nSPS) is 10.1. The van der Waals surface area contributed by atoms with Crippen molar-refractivity contribution in [2.45, 2.75) is 19.9 Å². The quantitative estimate of drug-likeness (QED) is 0.776. The summed E-state index contributed by atoms with van der Waals surface area (Å²) in [7, 11) is 0. The molecule has 0 bridgehead atoms. The lowest BCUT2D eigenvalue weighted by molar-refractivity contribution is 0.0976. The number of aryl methyl sites for hydroxylation is 1. The summed E-state index contributed by atoms with van der Waals surface area (Å²) >= 11 is 1.53. The van der Waals surface area contributed by atoms with Gasteiger partial charge < -0.3 is 4.57 Å². The van der Waals surface area contributed by atoms with E-state index in [0.29, 0.717) is 5.69 Å². The topological polar surface area (TPSA) is 45.8 Å². The third-order valence-corrected chi connectivity index (χ3v) is 3.81. The lowest BCUT2D eigenvalue weighted by Gasteiger charge is -2.01. The lowest BCUT2D eigenvalue weighted by atomic mass is 10.3. The first-order valence-corrected chi connectivity index (χ1v) is 6.23. The van der Waals surface area contributed by atoms with Crippen molar-refractivity contribution in [3.8, 4) is 6.07 Å². The molecule has 86 valence electrons. The van der Waals surface area contributed by atoms with E-state index in [0.717, 1.165) is 11.3 Å². The molecule has 0 aromatic carbocycles. The second-order valence-corrected chi connectivity index (χ2v) is 4.84. The van der Waals surface area contributed by atoms with Crippen molar-refractivity contribution < 1.29 is 4.79 Å². The van der Waals surface area contributed by atoms with Crippen LogP contribution in [0, 0.1) is 11.3 Å². The van der Waals surface area contributed by atoms with Gasteiger partial charge in [0.25, 0.3) is 0 Å². The largest absolute Gasteiger partial charge is 0.332 e. The van der Waals surface area contributed by atoms with Crippen LogP contribution in [0.15, 0.2) is 30.5 Å². The summed E-state index contributed by atoms with van der Waals surface area (Å²) in [5, 5.41) is 8.85. The van der Waals surface area contributed by atoms with Crippen molar-refractivity contribution >= 4 is 17.1 Å². The highest BCUT2D eigenvalue weighted by molar-refractivity contribution is 7.14. The van der Waals surface area contributed by atoms with Gasteiger partial charge in [-0.1, -0.05) is 6.92 Å². The summed E-state index contributed by atoms with van der Waals surface area (Å²) in [4.78, 5) is 14.0. The van der Waals surface area contributed by atoms with Crippen molar-refractivity contribution in [1.82, 2.24) is 4.57 Å². The number of nitriles is 1. The number of aromatic nitrogens is 1. The SMILES string of the molecule is CCc1ccc(C(=O)Cn2cccc2C#N)s1. The number of hydrogen-bond acceptors (Lipinski definition) is 3. The maximum atomic E-state index is 12.0. The first-order valence-electron chi connectivity index (χ1n) is 5.41. The van der Waals surface area contributed by atoms with Gasteiger partial charge in [-0.3, -0.25) is 4.79 Å². The van der Waals surface area contributed by atoms with Crippen LogP contribution in [0.4, 0.5) is 0 Å². The molecule has 2 heterocycles. The molecule has 3 nitrogen and oxygen atoms in total. The summed E-state index contributed by atoms with van der Waals surface area (Å²) in [6.45, 7) is 2.30. The predicted octanol–water partition coefficient (Wildman–Crippen LogP) is 2.87. The summed E-state index contributed by atoms with van der Waals surface area (Å²) in [6, 6.07) is 9.39. The number of thiophene rings is 1. The highest BCUT2D eigenvalue weighted by Gasteiger charge is 2.11. The molecule has 4 heteroatoms. The van der Waals surface area contributed by atoms with E-state index >= 15 is 0 Å². The van der Waals surface area contributed by atoms with Crippen LogP contribution in [0.2, 0.25) is 0 Å². The molecule has 0 fully saturated rings. The minimum atomic E-state index is 0.0578. The first-order chi connectivity index (χ1) is 8.24. The van der Waals surface area contributed by atoms with E-state index in [1.54, 1.807) is 22.9 Å². The molecule has 2 aromatic heterocycles. The molecule has 0 N–H and O–H groups in total. The van der Waals surface area contributed by atoms with E-state index in [1.165, 1.54) is 16.2 Å². The van der Waals surface area contributed by atoms with E-state index in [-0.39, 0.29) is 12.3 Å². The molecule has 2 rings (SSSR count). The minimum absolute atomic E-state index is 0.0578. The molecule has 0 amide bonds. The van der Waals surface area contributed by atoms with Crippen molar-refractivity contribution in [2.24, 2.45) is 0 Å². The number of Topliss-reactive ketones (excluding diaryl/α,β-unsaturated/α-hetero) is 1. The van der Waals surface area contributed by atoms with Gasteiger partial charge >= 0.3 is 0 Å². The fraction of sp³-hybridized carbons (Fsp3) is 0.231. The van der Waals surface area contributed by atoms with Crippen molar-refractivity contribution in [2.75, 3.05) is 0 Å². The zero-order chi connectivity index (χ0) is 12.3. The maximum absolute atomic E-state index is 12.0. The van der Waals surface area contributed by atoms with Gasteiger partial charge in [-0.2, -0.15) is 5.26 Å². The molecular formula is C13H12N2OS. The average molecular weight is 244 g/mol. The Morgan fingerprint density at radius 1 is 1.47 bits per heavy atom. The molecular weight excluding hydrogens is 232 g/mol. The summed E-state index contributed by atoms with van der Waals surface area (Å²) < 4.78 is 1.67.